The van der Waals surface area contributed by atoms with Crippen molar-refractivity contribution >= 4 is 23.1 Å². The van der Waals surface area contributed by atoms with Gasteiger partial charge >= 0.3 is 0 Å². The van der Waals surface area contributed by atoms with Crippen LogP contribution in [0.4, 0.5) is 0 Å². The molecule has 0 fully saturated rings. The van der Waals surface area contributed by atoms with Crippen LogP contribution in [0.5, 0.6) is 11.5 Å². The summed E-state index contributed by atoms with van der Waals surface area (Å²) in [4.78, 5) is 4.81. The Labute approximate surface area is 190 Å². The average Bonchev–Trinajstić information content (AvgIpc) is 3.43. The van der Waals surface area contributed by atoms with Crippen molar-refractivity contribution < 1.29 is 9.47 Å². The van der Waals surface area contributed by atoms with Crippen molar-refractivity contribution in [3.8, 4) is 22.1 Å². The van der Waals surface area contributed by atoms with Crippen molar-refractivity contribution in [1.82, 2.24) is 19.7 Å². The number of hydrogen-bond donors (Lipinski definition) is 0. The van der Waals surface area contributed by atoms with E-state index in [1.807, 2.05) is 24.3 Å². The molecule has 0 bridgehead atoms. The van der Waals surface area contributed by atoms with Crippen LogP contribution >= 0.6 is 23.1 Å². The Morgan fingerprint density at radius 3 is 2.55 bits per heavy atom. The highest BCUT2D eigenvalue weighted by atomic mass is 32.2. The SMILES string of the molecule is CCn1c(COc2ccc(OC)cc2)nnc1SCc1csc(-c2ccccc2C)n1. The number of aromatic nitrogens is 4. The predicted octanol–water partition coefficient (Wildman–Crippen LogP) is 5.61. The zero-order valence-corrected chi connectivity index (χ0v) is 19.4. The average molecular weight is 453 g/mol. The van der Waals surface area contributed by atoms with Gasteiger partial charge in [0.15, 0.2) is 11.0 Å². The minimum absolute atomic E-state index is 0.363. The van der Waals surface area contributed by atoms with Crippen molar-refractivity contribution in [3.63, 3.8) is 0 Å². The highest BCUT2D eigenvalue weighted by Gasteiger charge is 2.14. The Bertz CT molecular complexity index is 1140. The van der Waals surface area contributed by atoms with E-state index in [1.165, 1.54) is 11.1 Å². The molecule has 0 unspecified atom stereocenters. The molecule has 0 aliphatic carbocycles. The van der Waals surface area contributed by atoms with Crippen LogP contribution in [0.25, 0.3) is 10.6 Å². The standard InChI is InChI=1S/C23H24N4O2S2/c1-4-27-21(13-29-19-11-9-18(28-3)10-12-19)25-26-23(27)31-15-17-14-30-22(24-17)20-8-6-5-7-16(20)2/h5-12,14H,4,13,15H2,1-3H3. The van der Waals surface area contributed by atoms with Crippen LogP contribution in [0.1, 0.15) is 24.0 Å². The lowest BCUT2D eigenvalue weighted by atomic mass is 10.1. The molecule has 2 heterocycles. The minimum Gasteiger partial charge on any atom is -0.497 e. The molecule has 0 aliphatic rings. The number of thioether (sulfide) groups is 1. The van der Waals surface area contributed by atoms with E-state index in [0.717, 1.165) is 45.5 Å². The van der Waals surface area contributed by atoms with Crippen molar-refractivity contribution in [1.29, 1.82) is 0 Å². The molecule has 2 aromatic heterocycles. The second-order valence-corrected chi connectivity index (χ2v) is 8.66. The Kier molecular flexibility index (Phi) is 6.89. The van der Waals surface area contributed by atoms with Gasteiger partial charge < -0.3 is 14.0 Å². The first kappa shape index (κ1) is 21.4. The van der Waals surface area contributed by atoms with Gasteiger partial charge in [0.05, 0.1) is 12.8 Å². The number of hydrogen-bond acceptors (Lipinski definition) is 7. The summed E-state index contributed by atoms with van der Waals surface area (Å²) in [5.41, 5.74) is 3.48. The molecule has 0 atom stereocenters. The minimum atomic E-state index is 0.363. The third-order valence-corrected chi connectivity index (χ3v) is 6.74. The summed E-state index contributed by atoms with van der Waals surface area (Å²) in [6, 6.07) is 15.9. The summed E-state index contributed by atoms with van der Waals surface area (Å²) in [5.74, 6) is 3.13. The maximum Gasteiger partial charge on any atom is 0.191 e. The van der Waals surface area contributed by atoms with Gasteiger partial charge in [-0.3, -0.25) is 0 Å². The molecule has 31 heavy (non-hydrogen) atoms. The van der Waals surface area contributed by atoms with E-state index < -0.39 is 0 Å². The summed E-state index contributed by atoms with van der Waals surface area (Å²) >= 11 is 3.33. The molecular weight excluding hydrogens is 428 g/mol. The van der Waals surface area contributed by atoms with Crippen LogP contribution in [-0.4, -0.2) is 26.9 Å². The monoisotopic (exact) mass is 452 g/mol. The lowest BCUT2D eigenvalue weighted by Gasteiger charge is -2.09. The zero-order valence-electron chi connectivity index (χ0n) is 17.7. The Hall–Kier alpha value is -2.84. The fourth-order valence-electron chi connectivity index (χ4n) is 3.12. The number of aryl methyl sites for hydroxylation is 1. The number of thiazole rings is 1. The van der Waals surface area contributed by atoms with E-state index in [-0.39, 0.29) is 0 Å². The zero-order chi connectivity index (χ0) is 21.6. The van der Waals surface area contributed by atoms with Gasteiger partial charge in [-0.15, -0.1) is 21.5 Å². The van der Waals surface area contributed by atoms with Crippen LogP contribution in [-0.2, 0) is 18.9 Å². The quantitative estimate of drug-likeness (QED) is 0.308. The van der Waals surface area contributed by atoms with Gasteiger partial charge in [-0.05, 0) is 43.7 Å². The molecule has 0 spiro atoms. The first-order valence-corrected chi connectivity index (χ1v) is 11.9. The molecule has 4 rings (SSSR count). The number of rotatable bonds is 9. The van der Waals surface area contributed by atoms with Crippen molar-refractivity contribution in [3.05, 3.63) is 71.0 Å². The number of methoxy groups -OCH3 is 1. The van der Waals surface area contributed by atoms with Crippen molar-refractivity contribution in [2.45, 2.75) is 37.9 Å². The van der Waals surface area contributed by atoms with Crippen molar-refractivity contribution in [2.24, 2.45) is 0 Å². The fraction of sp³-hybridized carbons (Fsp3) is 0.261. The number of nitrogens with zero attached hydrogens (tertiary/aromatic N) is 4. The van der Waals surface area contributed by atoms with Crippen LogP contribution in [0, 0.1) is 6.92 Å². The summed E-state index contributed by atoms with van der Waals surface area (Å²) in [7, 11) is 1.65. The molecule has 2 aromatic carbocycles. The topological polar surface area (TPSA) is 62.1 Å². The predicted molar refractivity (Wildman–Crippen MR) is 125 cm³/mol. The second kappa shape index (κ2) is 9.98. The molecule has 0 saturated carbocycles. The summed E-state index contributed by atoms with van der Waals surface area (Å²) in [6.07, 6.45) is 0. The van der Waals surface area contributed by atoms with E-state index in [4.69, 9.17) is 14.5 Å². The normalized spacial score (nSPS) is 10.9. The fourth-order valence-corrected chi connectivity index (χ4v) is 5.05. The maximum atomic E-state index is 5.87. The van der Waals surface area contributed by atoms with E-state index >= 15 is 0 Å². The van der Waals surface area contributed by atoms with Gasteiger partial charge in [0.25, 0.3) is 0 Å². The Morgan fingerprint density at radius 1 is 1.03 bits per heavy atom. The van der Waals surface area contributed by atoms with E-state index in [0.29, 0.717) is 6.61 Å². The number of ether oxygens (including phenoxy) is 2. The van der Waals surface area contributed by atoms with Crippen LogP contribution in [0.2, 0.25) is 0 Å². The van der Waals surface area contributed by atoms with Crippen molar-refractivity contribution in [2.75, 3.05) is 7.11 Å². The Balaban J connectivity index is 1.39. The second-order valence-electron chi connectivity index (χ2n) is 6.85. The molecule has 4 aromatic rings. The number of benzene rings is 2. The van der Waals surface area contributed by atoms with E-state index in [9.17, 15) is 0 Å². The van der Waals surface area contributed by atoms with Crippen LogP contribution in [0.15, 0.2) is 59.1 Å². The van der Waals surface area contributed by atoms with Gasteiger partial charge in [-0.1, -0.05) is 36.0 Å². The molecule has 8 heteroatoms. The molecule has 6 nitrogen and oxygen atoms in total. The van der Waals surface area contributed by atoms with Gasteiger partial charge in [0, 0.05) is 23.2 Å². The van der Waals surface area contributed by atoms with Gasteiger partial charge in [0.2, 0.25) is 0 Å². The molecule has 0 amide bonds. The van der Waals surface area contributed by atoms with Gasteiger partial charge in [-0.25, -0.2) is 4.98 Å². The molecule has 0 aliphatic heterocycles. The Morgan fingerprint density at radius 2 is 1.81 bits per heavy atom. The molecule has 0 radical (unpaired) electrons. The first-order valence-electron chi connectivity index (χ1n) is 10.00. The molecule has 0 saturated heterocycles. The maximum absolute atomic E-state index is 5.87. The summed E-state index contributed by atoms with van der Waals surface area (Å²) in [5, 5.41) is 12.8. The molecule has 0 N–H and O–H groups in total. The molecular formula is C23H24N4O2S2. The third kappa shape index (κ3) is 5.08. The largest absolute Gasteiger partial charge is 0.497 e. The smallest absolute Gasteiger partial charge is 0.191 e. The summed E-state index contributed by atoms with van der Waals surface area (Å²) < 4.78 is 13.1. The van der Waals surface area contributed by atoms with Gasteiger partial charge in [0.1, 0.15) is 23.1 Å². The lowest BCUT2D eigenvalue weighted by Crippen LogP contribution is -2.07. The molecule has 160 valence electrons. The van der Waals surface area contributed by atoms with Crippen LogP contribution in [0.3, 0.4) is 0 Å². The lowest BCUT2D eigenvalue weighted by molar-refractivity contribution is 0.287. The highest BCUT2D eigenvalue weighted by Crippen LogP contribution is 2.29. The van der Waals surface area contributed by atoms with Crippen LogP contribution < -0.4 is 9.47 Å². The van der Waals surface area contributed by atoms with Gasteiger partial charge in [-0.2, -0.15) is 0 Å². The third-order valence-electron chi connectivity index (χ3n) is 4.81. The summed E-state index contributed by atoms with van der Waals surface area (Å²) in [6.45, 7) is 5.35. The van der Waals surface area contributed by atoms with E-state index in [1.54, 1.807) is 30.2 Å². The van der Waals surface area contributed by atoms with E-state index in [2.05, 4.69) is 58.3 Å². The first-order chi connectivity index (χ1) is 15.2. The highest BCUT2D eigenvalue weighted by molar-refractivity contribution is 7.98.